The van der Waals surface area contributed by atoms with Crippen LogP contribution in [0.25, 0.3) is 30.1 Å². The summed E-state index contributed by atoms with van der Waals surface area (Å²) in [4.78, 5) is 24.9. The first-order valence-electron chi connectivity index (χ1n) is 10.4. The summed E-state index contributed by atoms with van der Waals surface area (Å²) in [6, 6.07) is 9.61. The van der Waals surface area contributed by atoms with Gasteiger partial charge in [-0.05, 0) is 67.6 Å². The van der Waals surface area contributed by atoms with Gasteiger partial charge in [0.15, 0.2) is 0 Å². The number of aromatic nitrogens is 4. The monoisotopic (exact) mass is 542 g/mol. The highest BCUT2D eigenvalue weighted by Crippen LogP contribution is 2.14. The van der Waals surface area contributed by atoms with Gasteiger partial charge in [-0.3, -0.25) is 19.8 Å². The van der Waals surface area contributed by atoms with Crippen LogP contribution in [0.3, 0.4) is 0 Å². The molecule has 0 aliphatic heterocycles. The highest BCUT2D eigenvalue weighted by molar-refractivity contribution is 7.86. The summed E-state index contributed by atoms with van der Waals surface area (Å²) in [7, 11) is -9.24. The van der Waals surface area contributed by atoms with E-state index in [1.165, 1.54) is 47.2 Å². The van der Waals surface area contributed by atoms with Crippen molar-refractivity contribution >= 4 is 39.0 Å². The van der Waals surface area contributed by atoms with Crippen LogP contribution in [0.15, 0.2) is 74.0 Å². The highest BCUT2D eigenvalue weighted by atomic mass is 32.2. The van der Waals surface area contributed by atoms with Crippen molar-refractivity contribution in [2.24, 2.45) is 0 Å². The van der Waals surface area contributed by atoms with Gasteiger partial charge in [0.1, 0.15) is 20.2 Å². The predicted octanol–water partition coefficient (Wildman–Crippen LogP) is -0.335. The Labute approximate surface area is 209 Å². The van der Waals surface area contributed by atoms with Crippen LogP contribution in [0.1, 0.15) is 11.3 Å². The lowest BCUT2D eigenvalue weighted by molar-refractivity contribution is 0.461. The van der Waals surface area contributed by atoms with Crippen LogP contribution in [-0.4, -0.2) is 45.5 Å². The van der Waals surface area contributed by atoms with E-state index in [1.807, 2.05) is 0 Å². The van der Waals surface area contributed by atoms with Crippen LogP contribution in [-0.2, 0) is 20.2 Å². The Bertz CT molecular complexity index is 1980. The smallest absolute Gasteiger partial charge is 0.279 e. The summed E-state index contributed by atoms with van der Waals surface area (Å²) in [6.45, 7) is 5.44. The minimum atomic E-state index is -4.63. The third-order valence-electron chi connectivity index (χ3n) is 5.42. The fourth-order valence-corrected chi connectivity index (χ4v) is 4.49. The lowest BCUT2D eigenvalue weighted by Crippen LogP contribution is -2.33. The molecule has 0 spiro atoms. The van der Waals surface area contributed by atoms with E-state index in [0.29, 0.717) is 11.4 Å². The number of hydrogen-bond acceptors (Lipinski definition) is 8. The predicted molar refractivity (Wildman–Crippen MR) is 132 cm³/mol. The largest absolute Gasteiger partial charge is 0.744 e. The van der Waals surface area contributed by atoms with Crippen molar-refractivity contribution < 1.29 is 25.9 Å². The molecule has 0 bridgehead atoms. The van der Waals surface area contributed by atoms with Gasteiger partial charge in [-0.2, -0.15) is 0 Å². The normalized spacial score (nSPS) is 13.0. The number of nitrogens with zero attached hydrogens (tertiary/aromatic N) is 2. The SMILES string of the molecule is C=c1[nH]n(-c2ccc(S(=O)(=O)[O-])cc2)c(=O)/c1=C/C=C/c1c(C)[nH]n(-c2ccc(S(=O)(=O)[O-])cc2)c1=O. The summed E-state index contributed by atoms with van der Waals surface area (Å²) in [6.07, 6.45) is 4.40. The maximum absolute atomic E-state index is 12.9. The first-order valence-corrected chi connectivity index (χ1v) is 13.2. The second-order valence-electron chi connectivity index (χ2n) is 7.86. The van der Waals surface area contributed by atoms with Crippen molar-refractivity contribution in [1.29, 1.82) is 0 Å². The molecule has 0 saturated heterocycles. The van der Waals surface area contributed by atoms with Gasteiger partial charge >= 0.3 is 0 Å². The van der Waals surface area contributed by atoms with Gasteiger partial charge in [-0.1, -0.05) is 12.7 Å². The van der Waals surface area contributed by atoms with Gasteiger partial charge in [0.25, 0.3) is 11.1 Å². The van der Waals surface area contributed by atoms with Gasteiger partial charge in [0.05, 0.1) is 37.3 Å². The maximum Gasteiger partial charge on any atom is 0.279 e. The molecule has 2 aromatic heterocycles. The van der Waals surface area contributed by atoms with E-state index in [4.69, 9.17) is 0 Å². The zero-order valence-corrected chi connectivity index (χ0v) is 20.7. The fraction of sp³-hybridized carbons (Fsp3) is 0.0435. The third kappa shape index (κ3) is 5.17. The molecule has 0 atom stereocenters. The standard InChI is InChI=1S/C23H20N4O8S2/c1-14-20(22(28)26(24-14)16-6-10-18(11-7-16)36(30,31)32)4-3-5-21-15(2)25-27(23(21)29)17-8-12-19(13-9-17)37(33,34)35/h3-13,24-25H,1H2,2H3,(H,30,31,32)(H,33,34,35)/p-2/b5-3+,20-4+. The van der Waals surface area contributed by atoms with Crippen LogP contribution in [0.4, 0.5) is 0 Å². The van der Waals surface area contributed by atoms with Gasteiger partial charge in [0, 0.05) is 5.69 Å². The van der Waals surface area contributed by atoms with E-state index in [1.54, 1.807) is 6.92 Å². The topological polar surface area (TPSA) is 190 Å². The van der Waals surface area contributed by atoms with Gasteiger partial charge in [-0.15, -0.1) is 0 Å². The Balaban J connectivity index is 1.66. The number of nitrogens with one attached hydrogen (secondary N) is 2. The molecule has 0 aliphatic carbocycles. The van der Waals surface area contributed by atoms with Crippen molar-refractivity contribution in [2.75, 3.05) is 0 Å². The summed E-state index contributed by atoms with van der Waals surface area (Å²) in [5.74, 6) is 0. The Hall–Kier alpha value is -4.24. The zero-order valence-electron chi connectivity index (χ0n) is 19.0. The molecule has 37 heavy (non-hydrogen) atoms. The van der Waals surface area contributed by atoms with E-state index in [9.17, 15) is 35.5 Å². The number of benzene rings is 2. The van der Waals surface area contributed by atoms with E-state index in [0.717, 1.165) is 28.9 Å². The van der Waals surface area contributed by atoms with E-state index >= 15 is 0 Å². The second-order valence-corrected chi connectivity index (χ2v) is 10.6. The Morgan fingerprint density at radius 3 is 1.70 bits per heavy atom. The molecule has 2 N–H and O–H groups in total. The quantitative estimate of drug-likeness (QED) is 0.309. The van der Waals surface area contributed by atoms with Crippen molar-refractivity contribution in [1.82, 2.24) is 19.6 Å². The van der Waals surface area contributed by atoms with Gasteiger partial charge < -0.3 is 9.11 Å². The first kappa shape index (κ1) is 25.8. The molecule has 192 valence electrons. The third-order valence-corrected chi connectivity index (χ3v) is 7.11. The van der Waals surface area contributed by atoms with Crippen LogP contribution >= 0.6 is 0 Å². The summed E-state index contributed by atoms with van der Waals surface area (Å²) < 4.78 is 69.0. The first-order chi connectivity index (χ1) is 17.3. The minimum Gasteiger partial charge on any atom is -0.744 e. The van der Waals surface area contributed by atoms with Crippen LogP contribution in [0, 0.1) is 6.92 Å². The van der Waals surface area contributed by atoms with E-state index in [-0.39, 0.29) is 21.8 Å². The molecular weight excluding hydrogens is 524 g/mol. The average Bonchev–Trinajstić information content (AvgIpc) is 3.28. The molecule has 2 heterocycles. The number of aromatic amines is 2. The molecule has 0 radical (unpaired) electrons. The Kier molecular flexibility index (Phi) is 6.51. The van der Waals surface area contributed by atoms with E-state index in [2.05, 4.69) is 16.8 Å². The fourth-order valence-electron chi connectivity index (χ4n) is 3.55. The average molecular weight is 543 g/mol. The molecular formula is C23H18N4O8S2-2. The number of rotatable bonds is 6. The summed E-state index contributed by atoms with van der Waals surface area (Å²) in [5.41, 5.74) is 0.413. The Morgan fingerprint density at radius 2 is 1.24 bits per heavy atom. The van der Waals surface area contributed by atoms with Crippen LogP contribution in [0.2, 0.25) is 0 Å². The van der Waals surface area contributed by atoms with Gasteiger partial charge in [0.2, 0.25) is 0 Å². The molecule has 2 aromatic carbocycles. The zero-order chi connectivity index (χ0) is 27.1. The lowest BCUT2D eigenvalue weighted by atomic mass is 10.2. The molecule has 0 aliphatic rings. The lowest BCUT2D eigenvalue weighted by Gasteiger charge is -2.07. The summed E-state index contributed by atoms with van der Waals surface area (Å²) >= 11 is 0. The van der Waals surface area contributed by atoms with Crippen molar-refractivity contribution in [3.8, 4) is 11.4 Å². The van der Waals surface area contributed by atoms with Crippen LogP contribution < -0.4 is 21.7 Å². The molecule has 12 nitrogen and oxygen atoms in total. The number of aryl methyl sites for hydroxylation is 1. The number of allylic oxidation sites excluding steroid dienone is 1. The summed E-state index contributed by atoms with van der Waals surface area (Å²) in [5, 5.41) is 6.06. The Morgan fingerprint density at radius 1 is 0.784 bits per heavy atom. The van der Waals surface area contributed by atoms with Crippen LogP contribution in [0.5, 0.6) is 0 Å². The molecule has 4 rings (SSSR count). The van der Waals surface area contributed by atoms with E-state index < -0.39 is 41.1 Å². The van der Waals surface area contributed by atoms with Crippen molar-refractivity contribution in [3.63, 3.8) is 0 Å². The molecule has 14 heteroatoms. The number of H-pyrrole nitrogens is 2. The van der Waals surface area contributed by atoms with Gasteiger partial charge in [-0.25, -0.2) is 26.2 Å². The molecule has 0 fully saturated rings. The molecule has 0 unspecified atom stereocenters. The molecule has 0 amide bonds. The van der Waals surface area contributed by atoms with Crippen molar-refractivity contribution in [2.45, 2.75) is 16.7 Å². The second kappa shape index (κ2) is 9.33. The minimum absolute atomic E-state index is 0.180. The van der Waals surface area contributed by atoms with Crippen molar-refractivity contribution in [3.05, 3.63) is 97.1 Å². The molecule has 0 saturated carbocycles. The maximum atomic E-state index is 12.9. The number of hydrogen-bond donors (Lipinski definition) is 2. The molecule has 4 aromatic rings. The highest BCUT2D eigenvalue weighted by Gasteiger charge is 2.11.